The molecular weight excluding hydrogens is 271 g/mol. The van der Waals surface area contributed by atoms with Crippen LogP contribution in [0.3, 0.4) is 0 Å². The van der Waals surface area contributed by atoms with Crippen LogP contribution in [0.5, 0.6) is 0 Å². The van der Waals surface area contributed by atoms with Crippen LogP contribution < -0.4 is 10.9 Å². The fraction of sp³-hybridized carbons (Fsp3) is 0.250. The summed E-state index contributed by atoms with van der Waals surface area (Å²) >= 11 is 0. The SMILES string of the molecule is O=C(NCC1CC1)c1ccc(-c2ccc(F)cc2)[nH]c1=O. The average molecular weight is 286 g/mol. The number of aromatic amines is 1. The summed E-state index contributed by atoms with van der Waals surface area (Å²) in [6.45, 7) is 0.623. The molecule has 2 N–H and O–H groups in total. The quantitative estimate of drug-likeness (QED) is 0.906. The van der Waals surface area contributed by atoms with Crippen LogP contribution in [0.2, 0.25) is 0 Å². The molecule has 4 nitrogen and oxygen atoms in total. The van der Waals surface area contributed by atoms with E-state index in [1.165, 1.54) is 18.2 Å². The normalized spacial score (nSPS) is 14.0. The van der Waals surface area contributed by atoms with E-state index in [4.69, 9.17) is 0 Å². The molecule has 21 heavy (non-hydrogen) atoms. The van der Waals surface area contributed by atoms with E-state index in [-0.39, 0.29) is 17.3 Å². The lowest BCUT2D eigenvalue weighted by Gasteiger charge is -2.05. The van der Waals surface area contributed by atoms with Gasteiger partial charge in [0.25, 0.3) is 11.5 Å². The predicted octanol–water partition coefficient (Wildman–Crippen LogP) is 2.32. The molecule has 0 aliphatic heterocycles. The van der Waals surface area contributed by atoms with Crippen LogP contribution in [0, 0.1) is 11.7 Å². The summed E-state index contributed by atoms with van der Waals surface area (Å²) < 4.78 is 12.9. The van der Waals surface area contributed by atoms with E-state index in [9.17, 15) is 14.0 Å². The van der Waals surface area contributed by atoms with Crippen LogP contribution >= 0.6 is 0 Å². The Bertz CT molecular complexity index is 718. The van der Waals surface area contributed by atoms with Gasteiger partial charge in [0.15, 0.2) is 0 Å². The largest absolute Gasteiger partial charge is 0.352 e. The van der Waals surface area contributed by atoms with Gasteiger partial charge in [-0.2, -0.15) is 0 Å². The minimum Gasteiger partial charge on any atom is -0.352 e. The number of aromatic nitrogens is 1. The third-order valence-electron chi connectivity index (χ3n) is 3.56. The maximum absolute atomic E-state index is 12.9. The lowest BCUT2D eigenvalue weighted by Crippen LogP contribution is -2.31. The van der Waals surface area contributed by atoms with Crippen LogP contribution in [-0.2, 0) is 0 Å². The standard InChI is InChI=1S/C16H15FN2O2/c17-12-5-3-11(4-6-12)14-8-7-13(16(21)19-14)15(20)18-9-10-1-2-10/h3-8,10H,1-2,9H2,(H,18,20)(H,19,21). The molecule has 0 radical (unpaired) electrons. The van der Waals surface area contributed by atoms with Gasteiger partial charge in [0.1, 0.15) is 11.4 Å². The topological polar surface area (TPSA) is 62.0 Å². The summed E-state index contributed by atoms with van der Waals surface area (Å²) in [5.74, 6) is -0.127. The predicted molar refractivity (Wildman–Crippen MR) is 77.5 cm³/mol. The fourth-order valence-corrected chi connectivity index (χ4v) is 2.10. The van der Waals surface area contributed by atoms with Gasteiger partial charge in [-0.3, -0.25) is 9.59 Å². The summed E-state index contributed by atoms with van der Waals surface area (Å²) in [6, 6.07) is 8.95. The molecule has 0 bridgehead atoms. The van der Waals surface area contributed by atoms with Crippen LogP contribution in [-0.4, -0.2) is 17.4 Å². The molecule has 1 aliphatic rings. The Labute approximate surface area is 121 Å². The zero-order valence-corrected chi connectivity index (χ0v) is 11.4. The van der Waals surface area contributed by atoms with Crippen molar-refractivity contribution in [2.24, 2.45) is 5.92 Å². The number of benzene rings is 1. The third-order valence-corrected chi connectivity index (χ3v) is 3.56. The molecule has 5 heteroatoms. The average Bonchev–Trinajstić information content (AvgIpc) is 3.29. The Kier molecular flexibility index (Phi) is 3.56. The molecule has 0 atom stereocenters. The van der Waals surface area contributed by atoms with Crippen molar-refractivity contribution >= 4 is 5.91 Å². The maximum Gasteiger partial charge on any atom is 0.261 e. The molecule has 1 fully saturated rings. The van der Waals surface area contributed by atoms with E-state index < -0.39 is 5.56 Å². The van der Waals surface area contributed by atoms with E-state index in [0.29, 0.717) is 23.7 Å². The monoisotopic (exact) mass is 286 g/mol. The number of carbonyl (C=O) groups excluding carboxylic acids is 1. The van der Waals surface area contributed by atoms with Crippen molar-refractivity contribution in [2.45, 2.75) is 12.8 Å². The van der Waals surface area contributed by atoms with Gasteiger partial charge in [-0.1, -0.05) is 0 Å². The highest BCUT2D eigenvalue weighted by molar-refractivity contribution is 5.94. The smallest absolute Gasteiger partial charge is 0.261 e. The number of hydrogen-bond acceptors (Lipinski definition) is 2. The Morgan fingerprint density at radius 2 is 1.90 bits per heavy atom. The number of halogens is 1. The van der Waals surface area contributed by atoms with E-state index in [1.807, 2.05) is 0 Å². The number of hydrogen-bond donors (Lipinski definition) is 2. The minimum atomic E-state index is -0.440. The van der Waals surface area contributed by atoms with Crippen molar-refractivity contribution in [3.63, 3.8) is 0 Å². The Balaban J connectivity index is 1.80. The number of carbonyl (C=O) groups is 1. The van der Waals surface area contributed by atoms with Gasteiger partial charge in [0.05, 0.1) is 0 Å². The van der Waals surface area contributed by atoms with Gasteiger partial charge in [0.2, 0.25) is 0 Å². The second kappa shape index (κ2) is 5.52. The van der Waals surface area contributed by atoms with Crippen molar-refractivity contribution in [2.75, 3.05) is 6.54 Å². The van der Waals surface area contributed by atoms with E-state index in [0.717, 1.165) is 12.8 Å². The van der Waals surface area contributed by atoms with Gasteiger partial charge >= 0.3 is 0 Å². The van der Waals surface area contributed by atoms with Crippen molar-refractivity contribution in [3.8, 4) is 11.3 Å². The van der Waals surface area contributed by atoms with Gasteiger partial charge in [-0.05, 0) is 60.7 Å². The number of rotatable bonds is 4. The summed E-state index contributed by atoms with van der Waals surface area (Å²) in [4.78, 5) is 26.6. The van der Waals surface area contributed by atoms with Crippen LogP contribution in [0.4, 0.5) is 4.39 Å². The van der Waals surface area contributed by atoms with E-state index in [1.54, 1.807) is 18.2 Å². The van der Waals surface area contributed by atoms with Crippen LogP contribution in [0.1, 0.15) is 23.2 Å². The van der Waals surface area contributed by atoms with Crippen LogP contribution in [0.25, 0.3) is 11.3 Å². The molecule has 1 aliphatic carbocycles. The molecule has 108 valence electrons. The number of pyridine rings is 1. The highest BCUT2D eigenvalue weighted by Crippen LogP contribution is 2.27. The molecule has 1 aromatic carbocycles. The molecule has 1 amide bonds. The Morgan fingerprint density at radius 3 is 2.52 bits per heavy atom. The van der Waals surface area contributed by atoms with Crippen molar-refractivity contribution < 1.29 is 9.18 Å². The molecule has 0 spiro atoms. The van der Waals surface area contributed by atoms with Gasteiger partial charge in [-0.25, -0.2) is 4.39 Å². The Morgan fingerprint density at radius 1 is 1.19 bits per heavy atom. The number of amides is 1. The van der Waals surface area contributed by atoms with Gasteiger partial charge < -0.3 is 10.3 Å². The van der Waals surface area contributed by atoms with Crippen LogP contribution in [0.15, 0.2) is 41.2 Å². The fourth-order valence-electron chi connectivity index (χ4n) is 2.10. The molecule has 2 aromatic rings. The first-order valence-corrected chi connectivity index (χ1v) is 6.91. The molecule has 1 heterocycles. The first-order chi connectivity index (χ1) is 10.1. The minimum absolute atomic E-state index is 0.0986. The third kappa shape index (κ3) is 3.18. The molecule has 0 unspecified atom stereocenters. The zero-order chi connectivity index (χ0) is 14.8. The second-order valence-electron chi connectivity index (χ2n) is 5.28. The zero-order valence-electron chi connectivity index (χ0n) is 11.4. The van der Waals surface area contributed by atoms with Gasteiger partial charge in [-0.15, -0.1) is 0 Å². The first kappa shape index (κ1) is 13.5. The van der Waals surface area contributed by atoms with Crippen molar-refractivity contribution in [1.82, 2.24) is 10.3 Å². The van der Waals surface area contributed by atoms with E-state index in [2.05, 4.69) is 10.3 Å². The molecule has 1 aromatic heterocycles. The number of H-pyrrole nitrogens is 1. The number of nitrogens with one attached hydrogen (secondary N) is 2. The van der Waals surface area contributed by atoms with Gasteiger partial charge in [0, 0.05) is 12.2 Å². The van der Waals surface area contributed by atoms with Crippen molar-refractivity contribution in [3.05, 3.63) is 58.1 Å². The molecule has 0 saturated heterocycles. The Hall–Kier alpha value is -2.43. The first-order valence-electron chi connectivity index (χ1n) is 6.91. The molecule has 3 rings (SSSR count). The summed E-state index contributed by atoms with van der Waals surface area (Å²) in [7, 11) is 0. The molecule has 1 saturated carbocycles. The lowest BCUT2D eigenvalue weighted by atomic mass is 10.1. The lowest BCUT2D eigenvalue weighted by molar-refractivity contribution is 0.0950. The maximum atomic E-state index is 12.9. The van der Waals surface area contributed by atoms with Crippen molar-refractivity contribution in [1.29, 1.82) is 0 Å². The second-order valence-corrected chi connectivity index (χ2v) is 5.28. The summed E-state index contributed by atoms with van der Waals surface area (Å²) in [5.41, 5.74) is 0.906. The highest BCUT2D eigenvalue weighted by atomic mass is 19.1. The molecular formula is C16H15FN2O2. The summed E-state index contributed by atoms with van der Waals surface area (Å²) in [6.07, 6.45) is 2.28. The summed E-state index contributed by atoms with van der Waals surface area (Å²) in [5, 5.41) is 2.76. The highest BCUT2D eigenvalue weighted by Gasteiger charge is 2.22. The van der Waals surface area contributed by atoms with E-state index >= 15 is 0 Å².